The van der Waals surface area contributed by atoms with Crippen molar-refractivity contribution in [1.29, 1.82) is 0 Å². The Bertz CT molecular complexity index is 837. The molecule has 8 heteroatoms. The number of carbonyl (C=O) groups excluding carboxylic acids is 1. The molecule has 0 atom stereocenters. The van der Waals surface area contributed by atoms with Crippen molar-refractivity contribution in [2.24, 2.45) is 11.8 Å². The molecule has 4 rings (SSSR count). The second-order valence-corrected chi connectivity index (χ2v) is 7.79. The van der Waals surface area contributed by atoms with Crippen LogP contribution in [-0.2, 0) is 16.0 Å². The molecule has 2 fully saturated rings. The fraction of sp³-hybridized carbons (Fsp3) is 0.500. The SMILES string of the molecule is O=C(Cc1cc(-c2cncc(NCC3CCOCC3)n2)c(Cl)cn1)C1CNC1. The topological polar surface area (TPSA) is 89.0 Å². The van der Waals surface area contributed by atoms with Crippen molar-refractivity contribution in [3.8, 4) is 11.3 Å². The molecule has 0 bridgehead atoms. The first-order valence-electron chi connectivity index (χ1n) is 9.71. The molecule has 0 amide bonds. The molecule has 2 N–H and O–H groups in total. The van der Waals surface area contributed by atoms with Crippen molar-refractivity contribution >= 4 is 23.2 Å². The number of Topliss-reactive ketones (excluding diaryl/α,β-unsaturated/α-hetero) is 1. The van der Waals surface area contributed by atoms with Gasteiger partial charge in [0.15, 0.2) is 0 Å². The van der Waals surface area contributed by atoms with Crippen molar-refractivity contribution in [2.45, 2.75) is 19.3 Å². The van der Waals surface area contributed by atoms with Crippen LogP contribution in [0.4, 0.5) is 5.82 Å². The molecule has 2 aromatic rings. The lowest BCUT2D eigenvalue weighted by Gasteiger charge is -2.25. The molecule has 2 saturated heterocycles. The highest BCUT2D eigenvalue weighted by molar-refractivity contribution is 6.33. The van der Waals surface area contributed by atoms with Crippen LogP contribution >= 0.6 is 11.6 Å². The second kappa shape index (κ2) is 8.94. The Morgan fingerprint density at radius 3 is 2.82 bits per heavy atom. The molecular weight excluding hydrogens is 378 g/mol. The van der Waals surface area contributed by atoms with E-state index in [1.165, 1.54) is 0 Å². The minimum atomic E-state index is 0.0958. The zero-order valence-electron chi connectivity index (χ0n) is 15.7. The van der Waals surface area contributed by atoms with Crippen molar-refractivity contribution in [1.82, 2.24) is 20.3 Å². The van der Waals surface area contributed by atoms with Gasteiger partial charge in [-0.15, -0.1) is 0 Å². The summed E-state index contributed by atoms with van der Waals surface area (Å²) in [4.78, 5) is 25.5. The van der Waals surface area contributed by atoms with E-state index in [1.807, 2.05) is 6.07 Å². The first kappa shape index (κ1) is 19.2. The molecule has 0 radical (unpaired) electrons. The van der Waals surface area contributed by atoms with Gasteiger partial charge in [-0.25, -0.2) is 4.98 Å². The first-order valence-corrected chi connectivity index (χ1v) is 10.1. The van der Waals surface area contributed by atoms with Crippen LogP contribution in [0, 0.1) is 11.8 Å². The molecule has 0 aliphatic carbocycles. The summed E-state index contributed by atoms with van der Waals surface area (Å²) in [7, 11) is 0. The van der Waals surface area contributed by atoms with Crippen molar-refractivity contribution in [3.05, 3.63) is 35.4 Å². The lowest BCUT2D eigenvalue weighted by atomic mass is 9.94. The minimum Gasteiger partial charge on any atom is -0.381 e. The zero-order valence-corrected chi connectivity index (χ0v) is 16.4. The number of aromatic nitrogens is 3. The van der Waals surface area contributed by atoms with Gasteiger partial charge in [-0.05, 0) is 24.8 Å². The molecule has 0 unspecified atom stereocenters. The Hall–Kier alpha value is -2.09. The lowest BCUT2D eigenvalue weighted by molar-refractivity contribution is -0.123. The highest BCUT2D eigenvalue weighted by Gasteiger charge is 2.25. The van der Waals surface area contributed by atoms with E-state index in [9.17, 15) is 4.79 Å². The van der Waals surface area contributed by atoms with Gasteiger partial charge in [0, 0.05) is 62.6 Å². The summed E-state index contributed by atoms with van der Waals surface area (Å²) in [5.74, 6) is 1.60. The fourth-order valence-electron chi connectivity index (χ4n) is 3.39. The van der Waals surface area contributed by atoms with E-state index in [-0.39, 0.29) is 11.7 Å². The summed E-state index contributed by atoms with van der Waals surface area (Å²) in [6, 6.07) is 1.85. The molecule has 7 nitrogen and oxygen atoms in total. The number of nitrogens with zero attached hydrogens (tertiary/aromatic N) is 3. The number of anilines is 1. The number of hydrogen-bond donors (Lipinski definition) is 2. The second-order valence-electron chi connectivity index (χ2n) is 7.38. The number of ether oxygens (including phenoxy) is 1. The smallest absolute Gasteiger partial charge is 0.145 e. The summed E-state index contributed by atoms with van der Waals surface area (Å²) < 4.78 is 5.40. The molecule has 2 aromatic heterocycles. The Morgan fingerprint density at radius 1 is 1.25 bits per heavy atom. The highest BCUT2D eigenvalue weighted by Crippen LogP contribution is 2.27. The maximum atomic E-state index is 12.3. The van der Waals surface area contributed by atoms with Gasteiger partial charge in [-0.1, -0.05) is 11.6 Å². The molecule has 2 aliphatic rings. The third-order valence-corrected chi connectivity index (χ3v) is 5.63. The van der Waals surface area contributed by atoms with Crippen molar-refractivity contribution < 1.29 is 9.53 Å². The van der Waals surface area contributed by atoms with E-state index in [4.69, 9.17) is 16.3 Å². The largest absolute Gasteiger partial charge is 0.381 e. The average molecular weight is 402 g/mol. The number of nitrogens with one attached hydrogen (secondary N) is 2. The molecule has 0 saturated carbocycles. The summed E-state index contributed by atoms with van der Waals surface area (Å²) in [6.07, 6.45) is 7.41. The normalized spacial score (nSPS) is 17.9. The monoisotopic (exact) mass is 401 g/mol. The van der Waals surface area contributed by atoms with Crippen LogP contribution in [0.2, 0.25) is 5.02 Å². The number of rotatable bonds is 7. The van der Waals surface area contributed by atoms with Gasteiger partial charge in [0.2, 0.25) is 0 Å². The molecule has 0 aromatic carbocycles. The van der Waals surface area contributed by atoms with Gasteiger partial charge < -0.3 is 15.4 Å². The van der Waals surface area contributed by atoms with Gasteiger partial charge >= 0.3 is 0 Å². The van der Waals surface area contributed by atoms with Gasteiger partial charge in [-0.2, -0.15) is 0 Å². The average Bonchev–Trinajstić information content (AvgIpc) is 2.67. The molecule has 0 spiro atoms. The van der Waals surface area contributed by atoms with Gasteiger partial charge in [-0.3, -0.25) is 14.8 Å². The van der Waals surface area contributed by atoms with Crippen LogP contribution in [0.15, 0.2) is 24.7 Å². The third-order valence-electron chi connectivity index (χ3n) is 5.33. The van der Waals surface area contributed by atoms with E-state index in [0.717, 1.165) is 57.1 Å². The first-order chi connectivity index (χ1) is 13.7. The predicted molar refractivity (Wildman–Crippen MR) is 107 cm³/mol. The summed E-state index contributed by atoms with van der Waals surface area (Å²) in [6.45, 7) is 4.00. The van der Waals surface area contributed by atoms with E-state index in [1.54, 1.807) is 18.6 Å². The lowest BCUT2D eigenvalue weighted by Crippen LogP contribution is -2.47. The van der Waals surface area contributed by atoms with Crippen LogP contribution in [-0.4, -0.2) is 53.6 Å². The summed E-state index contributed by atoms with van der Waals surface area (Å²) in [5.41, 5.74) is 2.12. The Balaban J connectivity index is 1.46. The molecular formula is C20H24ClN5O2. The summed E-state index contributed by atoms with van der Waals surface area (Å²) >= 11 is 6.36. The van der Waals surface area contributed by atoms with Gasteiger partial charge in [0.05, 0.1) is 23.1 Å². The van der Waals surface area contributed by atoms with Gasteiger partial charge in [0.25, 0.3) is 0 Å². The number of halogens is 1. The molecule has 148 valence electrons. The van der Waals surface area contributed by atoms with E-state index in [2.05, 4.69) is 25.6 Å². The number of ketones is 1. The maximum absolute atomic E-state index is 12.3. The highest BCUT2D eigenvalue weighted by atomic mass is 35.5. The van der Waals surface area contributed by atoms with Crippen LogP contribution in [0.5, 0.6) is 0 Å². The molecule has 4 heterocycles. The van der Waals surface area contributed by atoms with E-state index in [0.29, 0.717) is 28.7 Å². The van der Waals surface area contributed by atoms with Crippen LogP contribution in [0.1, 0.15) is 18.5 Å². The van der Waals surface area contributed by atoms with E-state index >= 15 is 0 Å². The Morgan fingerprint density at radius 2 is 2.07 bits per heavy atom. The van der Waals surface area contributed by atoms with E-state index < -0.39 is 0 Å². The van der Waals surface area contributed by atoms with Gasteiger partial charge in [0.1, 0.15) is 11.6 Å². The Kier molecular flexibility index (Phi) is 6.14. The van der Waals surface area contributed by atoms with Crippen molar-refractivity contribution in [3.63, 3.8) is 0 Å². The minimum absolute atomic E-state index is 0.0958. The molecule has 2 aliphatic heterocycles. The van der Waals surface area contributed by atoms with Crippen LogP contribution in [0.3, 0.4) is 0 Å². The Labute approximate surface area is 169 Å². The van der Waals surface area contributed by atoms with Crippen molar-refractivity contribution in [2.75, 3.05) is 38.2 Å². The predicted octanol–water partition coefficient (Wildman–Crippen LogP) is 2.36. The van der Waals surface area contributed by atoms with Crippen LogP contribution in [0.25, 0.3) is 11.3 Å². The number of carbonyl (C=O) groups is 1. The standard InChI is InChI=1S/C20H24ClN5O2/c21-17-10-24-15(6-19(27)14-8-22-9-14)5-16(17)18-11-23-12-20(26-18)25-7-13-1-3-28-4-2-13/h5,10-14,22H,1-4,6-9H2,(H,25,26). The fourth-order valence-corrected chi connectivity index (χ4v) is 3.59. The quantitative estimate of drug-likeness (QED) is 0.736. The number of pyridine rings is 1. The summed E-state index contributed by atoms with van der Waals surface area (Å²) in [5, 5.41) is 6.99. The third kappa shape index (κ3) is 4.66. The molecule has 28 heavy (non-hydrogen) atoms. The zero-order chi connectivity index (χ0) is 19.3. The van der Waals surface area contributed by atoms with Crippen LogP contribution < -0.4 is 10.6 Å². The maximum Gasteiger partial charge on any atom is 0.145 e. The number of hydrogen-bond acceptors (Lipinski definition) is 7.